The Morgan fingerprint density at radius 3 is 2.33 bits per heavy atom. The minimum atomic E-state index is -0.855. The van der Waals surface area contributed by atoms with Crippen molar-refractivity contribution < 1.29 is 14.7 Å². The third-order valence-electron chi connectivity index (χ3n) is 4.14. The number of aliphatic carboxylic acids is 1. The lowest BCUT2D eigenvalue weighted by Crippen LogP contribution is -2.28. The number of likely N-dealkylation sites (N-methyl/N-ethyl adjacent to an activating group) is 1. The van der Waals surface area contributed by atoms with E-state index in [-0.39, 0.29) is 18.7 Å². The fraction of sp³-hybridized carbons (Fsp3) is 0.368. The van der Waals surface area contributed by atoms with Crippen molar-refractivity contribution in [2.45, 2.75) is 27.2 Å². The number of rotatable bonds is 7. The molecule has 1 N–H and O–H groups in total. The van der Waals surface area contributed by atoms with Crippen LogP contribution in [0, 0.1) is 20.8 Å². The van der Waals surface area contributed by atoms with Crippen molar-refractivity contribution in [1.29, 1.82) is 0 Å². The number of nitrogens with zero attached hydrogens (tertiary/aromatic N) is 2. The summed E-state index contributed by atoms with van der Waals surface area (Å²) in [7, 11) is 1.76. The van der Waals surface area contributed by atoms with Gasteiger partial charge < -0.3 is 9.67 Å². The Kier molecular flexibility index (Phi) is 5.57. The number of carbonyl (C=O) groups excluding carboxylic acids is 1. The fourth-order valence-corrected chi connectivity index (χ4v) is 2.83. The molecule has 1 heterocycles. The molecule has 0 fully saturated rings. The maximum atomic E-state index is 12.6. The van der Waals surface area contributed by atoms with E-state index in [0.29, 0.717) is 12.1 Å². The lowest BCUT2D eigenvalue weighted by atomic mass is 10.1. The molecule has 0 spiro atoms. The highest BCUT2D eigenvalue weighted by Gasteiger charge is 2.18. The molecule has 0 aliphatic carbocycles. The van der Waals surface area contributed by atoms with Crippen LogP contribution in [0.15, 0.2) is 30.3 Å². The number of Topliss-reactive ketones (excluding diaryl/α,β-unsaturated/α-hetero) is 1. The zero-order valence-corrected chi connectivity index (χ0v) is 14.7. The second kappa shape index (κ2) is 7.45. The molecule has 5 heteroatoms. The predicted molar refractivity (Wildman–Crippen MR) is 94.1 cm³/mol. The smallest absolute Gasteiger partial charge is 0.304 e. The Balaban J connectivity index is 2.20. The van der Waals surface area contributed by atoms with E-state index < -0.39 is 5.97 Å². The molecule has 5 nitrogen and oxygen atoms in total. The van der Waals surface area contributed by atoms with Crippen LogP contribution in [0.4, 0.5) is 0 Å². The van der Waals surface area contributed by atoms with Gasteiger partial charge in [-0.2, -0.15) is 0 Å². The molecule has 1 aromatic carbocycles. The van der Waals surface area contributed by atoms with Crippen molar-refractivity contribution in [3.63, 3.8) is 0 Å². The van der Waals surface area contributed by atoms with E-state index in [0.717, 1.165) is 17.1 Å². The summed E-state index contributed by atoms with van der Waals surface area (Å²) in [5.74, 6) is -0.846. The summed E-state index contributed by atoms with van der Waals surface area (Å²) in [6.45, 7) is 6.54. The summed E-state index contributed by atoms with van der Waals surface area (Å²) in [5, 5.41) is 8.73. The van der Waals surface area contributed by atoms with Gasteiger partial charge in [-0.05, 0) is 46.0 Å². The lowest BCUT2D eigenvalue weighted by molar-refractivity contribution is -0.137. The van der Waals surface area contributed by atoms with E-state index in [9.17, 15) is 9.59 Å². The summed E-state index contributed by atoms with van der Waals surface area (Å²) >= 11 is 0. The Hall–Kier alpha value is -2.40. The molecule has 0 bridgehead atoms. The highest BCUT2D eigenvalue weighted by Crippen LogP contribution is 2.21. The van der Waals surface area contributed by atoms with Crippen LogP contribution in [0.5, 0.6) is 0 Å². The minimum absolute atomic E-state index is 0.00866. The van der Waals surface area contributed by atoms with E-state index in [1.54, 1.807) is 11.9 Å². The molecule has 128 valence electrons. The molecule has 0 saturated heterocycles. The van der Waals surface area contributed by atoms with Gasteiger partial charge >= 0.3 is 5.97 Å². The summed E-state index contributed by atoms with van der Waals surface area (Å²) in [6.07, 6.45) is 0.0339. The Labute approximate surface area is 142 Å². The Morgan fingerprint density at radius 1 is 1.12 bits per heavy atom. The van der Waals surface area contributed by atoms with E-state index >= 15 is 0 Å². The number of aromatic nitrogens is 1. The van der Waals surface area contributed by atoms with Crippen molar-refractivity contribution in [1.82, 2.24) is 9.47 Å². The molecule has 0 aliphatic heterocycles. The number of carbonyl (C=O) groups is 2. The topological polar surface area (TPSA) is 62.5 Å². The van der Waals surface area contributed by atoms with Gasteiger partial charge in [0.2, 0.25) is 0 Å². The van der Waals surface area contributed by atoms with Crippen LogP contribution in [0.25, 0.3) is 5.69 Å². The van der Waals surface area contributed by atoms with Crippen molar-refractivity contribution in [3.8, 4) is 5.69 Å². The average molecular weight is 328 g/mol. The second-order valence-electron chi connectivity index (χ2n) is 6.26. The third-order valence-corrected chi connectivity index (χ3v) is 4.14. The average Bonchev–Trinajstić information content (AvgIpc) is 2.81. The highest BCUT2D eigenvalue weighted by atomic mass is 16.4. The number of carboxylic acid groups (broad SMARTS) is 1. The zero-order chi connectivity index (χ0) is 17.9. The van der Waals surface area contributed by atoms with Crippen LogP contribution in [-0.2, 0) is 4.79 Å². The standard InChI is InChI=1S/C19H24N2O3/c1-13-5-7-16(8-6-13)21-14(2)11-17(15(21)3)18(22)12-20(4)10-9-19(23)24/h5-8,11H,9-10,12H2,1-4H3,(H,23,24). The van der Waals surface area contributed by atoms with E-state index in [4.69, 9.17) is 5.11 Å². The monoisotopic (exact) mass is 328 g/mol. The molecule has 1 aromatic heterocycles. The van der Waals surface area contributed by atoms with Gasteiger partial charge in [-0.3, -0.25) is 14.5 Å². The van der Waals surface area contributed by atoms with Crippen molar-refractivity contribution in [3.05, 3.63) is 52.8 Å². The van der Waals surface area contributed by atoms with Gasteiger partial charge in [0, 0.05) is 29.2 Å². The first-order valence-corrected chi connectivity index (χ1v) is 7.99. The number of benzene rings is 1. The third kappa shape index (κ3) is 4.11. The first-order chi connectivity index (χ1) is 11.3. The maximum Gasteiger partial charge on any atom is 0.304 e. The van der Waals surface area contributed by atoms with E-state index in [1.165, 1.54) is 5.56 Å². The molecular formula is C19H24N2O3. The second-order valence-corrected chi connectivity index (χ2v) is 6.26. The van der Waals surface area contributed by atoms with Gasteiger partial charge in [0.25, 0.3) is 0 Å². The number of aryl methyl sites for hydroxylation is 2. The van der Waals surface area contributed by atoms with Crippen LogP contribution in [0.1, 0.15) is 33.7 Å². The summed E-state index contributed by atoms with van der Waals surface area (Å²) in [4.78, 5) is 24.9. The molecule has 2 aromatic rings. The molecule has 0 saturated carbocycles. The fourth-order valence-electron chi connectivity index (χ4n) is 2.83. The molecule has 2 rings (SSSR count). The number of ketones is 1. The van der Waals surface area contributed by atoms with Crippen LogP contribution in [0.3, 0.4) is 0 Å². The highest BCUT2D eigenvalue weighted by molar-refractivity contribution is 5.99. The molecule has 0 aliphatic rings. The summed E-state index contributed by atoms with van der Waals surface area (Å²) < 4.78 is 2.07. The predicted octanol–water partition coefficient (Wildman–Crippen LogP) is 2.99. The molecule has 24 heavy (non-hydrogen) atoms. The Bertz CT molecular complexity index is 745. The minimum Gasteiger partial charge on any atom is -0.481 e. The largest absolute Gasteiger partial charge is 0.481 e. The van der Waals surface area contributed by atoms with Crippen molar-refractivity contribution in [2.75, 3.05) is 20.1 Å². The zero-order valence-electron chi connectivity index (χ0n) is 14.7. The molecular weight excluding hydrogens is 304 g/mol. The van der Waals surface area contributed by atoms with E-state index in [2.05, 4.69) is 16.7 Å². The molecule has 0 unspecified atom stereocenters. The van der Waals surface area contributed by atoms with E-state index in [1.807, 2.05) is 39.0 Å². The first kappa shape index (κ1) is 17.9. The summed E-state index contributed by atoms with van der Waals surface area (Å²) in [5.41, 5.74) is 4.84. The van der Waals surface area contributed by atoms with Crippen LogP contribution in [-0.4, -0.2) is 46.5 Å². The van der Waals surface area contributed by atoms with Crippen molar-refractivity contribution >= 4 is 11.8 Å². The van der Waals surface area contributed by atoms with Gasteiger partial charge in [-0.25, -0.2) is 0 Å². The number of hydrogen-bond donors (Lipinski definition) is 1. The molecule has 0 atom stereocenters. The van der Waals surface area contributed by atoms with Gasteiger partial charge in [0.1, 0.15) is 0 Å². The normalized spacial score (nSPS) is 11.0. The van der Waals surface area contributed by atoms with Gasteiger partial charge in [-0.15, -0.1) is 0 Å². The first-order valence-electron chi connectivity index (χ1n) is 7.99. The van der Waals surface area contributed by atoms with Gasteiger partial charge in [0.05, 0.1) is 13.0 Å². The van der Waals surface area contributed by atoms with Crippen molar-refractivity contribution in [2.24, 2.45) is 0 Å². The molecule has 0 radical (unpaired) electrons. The Morgan fingerprint density at radius 2 is 1.75 bits per heavy atom. The lowest BCUT2D eigenvalue weighted by Gasteiger charge is -2.14. The summed E-state index contributed by atoms with van der Waals surface area (Å²) in [6, 6.07) is 10.1. The maximum absolute atomic E-state index is 12.6. The van der Waals surface area contributed by atoms with Crippen LogP contribution < -0.4 is 0 Å². The quantitative estimate of drug-likeness (QED) is 0.794. The SMILES string of the molecule is Cc1ccc(-n2c(C)cc(C(=O)CN(C)CCC(=O)O)c2C)cc1. The van der Waals surface area contributed by atoms with Gasteiger partial charge in [-0.1, -0.05) is 17.7 Å². The van der Waals surface area contributed by atoms with Gasteiger partial charge in [0.15, 0.2) is 5.78 Å². The van der Waals surface area contributed by atoms with Crippen LogP contribution >= 0.6 is 0 Å². The molecule has 0 amide bonds. The number of hydrogen-bond acceptors (Lipinski definition) is 3. The van der Waals surface area contributed by atoms with Crippen LogP contribution in [0.2, 0.25) is 0 Å². The number of carboxylic acids is 1.